The second-order valence-electron chi connectivity index (χ2n) is 3.97. The highest BCUT2D eigenvalue weighted by molar-refractivity contribution is 6.36. The van der Waals surface area contributed by atoms with Crippen LogP contribution in [0, 0.1) is 5.82 Å². The molecule has 0 aliphatic rings. The van der Waals surface area contributed by atoms with E-state index in [4.69, 9.17) is 23.2 Å². The molecule has 94 valence electrons. The standard InChI is InChI=1S/C14H12Cl2FN/c1-18-8-9-2-4-13(15)11(6-9)12-7-10(17)3-5-14(12)16/h2-7,18H,8H2,1H3. The molecule has 0 amide bonds. The van der Waals surface area contributed by atoms with Crippen molar-refractivity contribution in [3.8, 4) is 11.1 Å². The maximum absolute atomic E-state index is 13.3. The molecule has 18 heavy (non-hydrogen) atoms. The maximum Gasteiger partial charge on any atom is 0.123 e. The fourth-order valence-corrected chi connectivity index (χ4v) is 2.24. The molecular weight excluding hydrogens is 272 g/mol. The van der Waals surface area contributed by atoms with Crippen molar-refractivity contribution in [1.82, 2.24) is 5.32 Å². The van der Waals surface area contributed by atoms with E-state index in [1.54, 1.807) is 6.07 Å². The van der Waals surface area contributed by atoms with Gasteiger partial charge >= 0.3 is 0 Å². The Morgan fingerprint density at radius 3 is 2.28 bits per heavy atom. The van der Waals surface area contributed by atoms with Crippen molar-refractivity contribution < 1.29 is 4.39 Å². The van der Waals surface area contributed by atoms with Crippen molar-refractivity contribution in [2.75, 3.05) is 7.05 Å². The highest BCUT2D eigenvalue weighted by atomic mass is 35.5. The molecule has 0 fully saturated rings. The summed E-state index contributed by atoms with van der Waals surface area (Å²) >= 11 is 12.2. The van der Waals surface area contributed by atoms with Crippen molar-refractivity contribution in [3.63, 3.8) is 0 Å². The summed E-state index contributed by atoms with van der Waals surface area (Å²) in [7, 11) is 1.86. The van der Waals surface area contributed by atoms with E-state index >= 15 is 0 Å². The number of halogens is 3. The molecule has 2 aromatic carbocycles. The molecule has 0 unspecified atom stereocenters. The zero-order chi connectivity index (χ0) is 13.1. The minimum absolute atomic E-state index is 0.329. The summed E-state index contributed by atoms with van der Waals surface area (Å²) in [4.78, 5) is 0. The van der Waals surface area contributed by atoms with Crippen molar-refractivity contribution >= 4 is 23.2 Å². The smallest absolute Gasteiger partial charge is 0.123 e. The fourth-order valence-electron chi connectivity index (χ4n) is 1.80. The normalized spacial score (nSPS) is 10.7. The zero-order valence-corrected chi connectivity index (χ0v) is 11.3. The third-order valence-electron chi connectivity index (χ3n) is 2.63. The molecule has 1 nitrogen and oxygen atoms in total. The maximum atomic E-state index is 13.3. The summed E-state index contributed by atoms with van der Waals surface area (Å²) in [6.07, 6.45) is 0. The van der Waals surface area contributed by atoms with Crippen molar-refractivity contribution in [1.29, 1.82) is 0 Å². The second-order valence-corrected chi connectivity index (χ2v) is 4.78. The molecular formula is C14H12Cl2FN. The van der Waals surface area contributed by atoms with E-state index in [0.717, 1.165) is 17.7 Å². The Bertz CT molecular complexity index is 570. The van der Waals surface area contributed by atoms with E-state index in [1.165, 1.54) is 18.2 Å². The van der Waals surface area contributed by atoms with E-state index in [-0.39, 0.29) is 5.82 Å². The fraction of sp³-hybridized carbons (Fsp3) is 0.143. The Kier molecular flexibility index (Phi) is 4.23. The first kappa shape index (κ1) is 13.3. The molecule has 0 saturated heterocycles. The minimum atomic E-state index is -0.329. The van der Waals surface area contributed by atoms with Crippen molar-refractivity contribution in [2.45, 2.75) is 6.54 Å². The number of hydrogen-bond donors (Lipinski definition) is 1. The number of nitrogens with one attached hydrogen (secondary N) is 1. The topological polar surface area (TPSA) is 12.0 Å². The first-order valence-electron chi connectivity index (χ1n) is 5.50. The van der Waals surface area contributed by atoms with Gasteiger partial charge in [0.1, 0.15) is 5.82 Å². The predicted octanol–water partition coefficient (Wildman–Crippen LogP) is 4.52. The molecule has 0 aliphatic carbocycles. The quantitative estimate of drug-likeness (QED) is 0.873. The Balaban J connectivity index is 2.55. The van der Waals surface area contributed by atoms with Crippen LogP contribution in [0.1, 0.15) is 5.56 Å². The van der Waals surface area contributed by atoms with Crippen LogP contribution in [0.15, 0.2) is 36.4 Å². The molecule has 1 N–H and O–H groups in total. The van der Waals surface area contributed by atoms with Crippen LogP contribution < -0.4 is 5.32 Å². The summed E-state index contributed by atoms with van der Waals surface area (Å²) in [5, 5.41) is 4.10. The number of rotatable bonds is 3. The van der Waals surface area contributed by atoms with Crippen molar-refractivity contribution in [3.05, 3.63) is 57.8 Å². The van der Waals surface area contributed by atoms with Crippen LogP contribution in [0.2, 0.25) is 10.0 Å². The van der Waals surface area contributed by atoms with Gasteiger partial charge in [-0.3, -0.25) is 0 Å². The lowest BCUT2D eigenvalue weighted by Crippen LogP contribution is -2.04. The first-order valence-corrected chi connectivity index (χ1v) is 6.26. The monoisotopic (exact) mass is 283 g/mol. The van der Waals surface area contributed by atoms with Gasteiger partial charge in [0.25, 0.3) is 0 Å². The van der Waals surface area contributed by atoms with E-state index < -0.39 is 0 Å². The van der Waals surface area contributed by atoms with Crippen LogP contribution in [0.4, 0.5) is 4.39 Å². The van der Waals surface area contributed by atoms with Crippen LogP contribution in [-0.4, -0.2) is 7.05 Å². The van der Waals surface area contributed by atoms with E-state index in [1.807, 2.05) is 19.2 Å². The van der Waals surface area contributed by atoms with Gasteiger partial charge in [-0.15, -0.1) is 0 Å². The Labute approximate surface area is 116 Å². The predicted molar refractivity (Wildman–Crippen MR) is 74.6 cm³/mol. The Morgan fingerprint density at radius 1 is 1.00 bits per heavy atom. The Morgan fingerprint density at radius 2 is 1.61 bits per heavy atom. The Hall–Kier alpha value is -1.09. The summed E-state index contributed by atoms with van der Waals surface area (Å²) in [6, 6.07) is 9.90. The largest absolute Gasteiger partial charge is 0.316 e. The van der Waals surface area contributed by atoms with Crippen LogP contribution >= 0.6 is 23.2 Å². The first-order chi connectivity index (χ1) is 8.61. The molecule has 0 heterocycles. The van der Waals surface area contributed by atoms with Crippen molar-refractivity contribution in [2.24, 2.45) is 0 Å². The van der Waals surface area contributed by atoms with Crippen LogP contribution in [0.3, 0.4) is 0 Å². The summed E-state index contributed by atoms with van der Waals surface area (Å²) in [6.45, 7) is 0.719. The van der Waals surface area contributed by atoms with Crippen LogP contribution in [0.25, 0.3) is 11.1 Å². The average Bonchev–Trinajstić information content (AvgIpc) is 2.35. The van der Waals surface area contributed by atoms with Gasteiger partial charge in [-0.25, -0.2) is 4.39 Å². The molecule has 0 spiro atoms. The molecule has 0 saturated carbocycles. The summed E-state index contributed by atoms with van der Waals surface area (Å²) in [5.74, 6) is -0.329. The van der Waals surface area contributed by atoms with E-state index in [9.17, 15) is 4.39 Å². The second kappa shape index (κ2) is 5.70. The highest BCUT2D eigenvalue weighted by Gasteiger charge is 2.09. The lowest BCUT2D eigenvalue weighted by Gasteiger charge is -2.09. The molecule has 2 rings (SSSR count). The zero-order valence-electron chi connectivity index (χ0n) is 9.81. The molecule has 0 bridgehead atoms. The third kappa shape index (κ3) is 2.83. The highest BCUT2D eigenvalue weighted by Crippen LogP contribution is 2.34. The van der Waals surface area contributed by atoms with Gasteiger partial charge in [0.2, 0.25) is 0 Å². The van der Waals surface area contributed by atoms with Gasteiger partial charge in [-0.2, -0.15) is 0 Å². The van der Waals surface area contributed by atoms with Gasteiger partial charge in [-0.05, 0) is 42.9 Å². The summed E-state index contributed by atoms with van der Waals surface area (Å²) < 4.78 is 13.3. The van der Waals surface area contributed by atoms with Gasteiger partial charge in [0, 0.05) is 27.7 Å². The third-order valence-corrected chi connectivity index (χ3v) is 3.29. The van der Waals surface area contributed by atoms with Gasteiger partial charge < -0.3 is 5.32 Å². The summed E-state index contributed by atoms with van der Waals surface area (Å²) in [5.41, 5.74) is 2.42. The van der Waals surface area contributed by atoms with Crippen LogP contribution in [-0.2, 0) is 6.54 Å². The molecule has 0 radical (unpaired) electrons. The van der Waals surface area contributed by atoms with E-state index in [0.29, 0.717) is 15.6 Å². The van der Waals surface area contributed by atoms with Crippen LogP contribution in [0.5, 0.6) is 0 Å². The molecule has 4 heteroatoms. The molecule has 0 aromatic heterocycles. The minimum Gasteiger partial charge on any atom is -0.316 e. The lowest BCUT2D eigenvalue weighted by molar-refractivity contribution is 0.628. The average molecular weight is 284 g/mol. The molecule has 2 aromatic rings. The molecule has 0 atom stereocenters. The molecule has 0 aliphatic heterocycles. The lowest BCUT2D eigenvalue weighted by atomic mass is 10.0. The van der Waals surface area contributed by atoms with Gasteiger partial charge in [0.15, 0.2) is 0 Å². The van der Waals surface area contributed by atoms with Gasteiger partial charge in [-0.1, -0.05) is 29.3 Å². The number of hydrogen-bond acceptors (Lipinski definition) is 1. The number of benzene rings is 2. The van der Waals surface area contributed by atoms with Gasteiger partial charge in [0.05, 0.1) is 0 Å². The van der Waals surface area contributed by atoms with E-state index in [2.05, 4.69) is 5.32 Å². The SMILES string of the molecule is CNCc1ccc(Cl)c(-c2cc(F)ccc2Cl)c1.